The molecular weight excluding hydrogens is 364 g/mol. The van der Waals surface area contributed by atoms with E-state index in [0.29, 0.717) is 5.95 Å². The van der Waals surface area contributed by atoms with Gasteiger partial charge in [-0.05, 0) is 58.1 Å². The summed E-state index contributed by atoms with van der Waals surface area (Å²) in [5.74, 6) is 1.31. The van der Waals surface area contributed by atoms with Crippen LogP contribution >= 0.6 is 0 Å². The zero-order valence-corrected chi connectivity index (χ0v) is 16.2. The quantitative estimate of drug-likeness (QED) is 0.275. The van der Waals surface area contributed by atoms with Gasteiger partial charge in [-0.2, -0.15) is 9.78 Å². The molecule has 0 bridgehead atoms. The van der Waals surface area contributed by atoms with Crippen molar-refractivity contribution in [1.82, 2.24) is 20.2 Å². The minimum absolute atomic E-state index is 0.442. The Morgan fingerprint density at radius 3 is 2.72 bits per heavy atom. The van der Waals surface area contributed by atoms with Crippen molar-refractivity contribution in [1.29, 1.82) is 0 Å². The Labute approximate surface area is 169 Å². The van der Waals surface area contributed by atoms with Crippen LogP contribution in [0.25, 0.3) is 16.5 Å². The molecule has 0 atom stereocenters. The van der Waals surface area contributed by atoms with Gasteiger partial charge in [0.1, 0.15) is 5.75 Å². The Bertz CT molecular complexity index is 1100. The largest absolute Gasteiger partial charge is 0.494 e. The monoisotopic (exact) mass is 386 g/mol. The van der Waals surface area contributed by atoms with Crippen molar-refractivity contribution in [2.75, 3.05) is 12.0 Å². The van der Waals surface area contributed by atoms with Gasteiger partial charge in [0.05, 0.1) is 18.5 Å². The summed E-state index contributed by atoms with van der Waals surface area (Å²) in [5.41, 5.74) is 4.76. The van der Waals surface area contributed by atoms with E-state index < -0.39 is 0 Å². The number of hydrazone groups is 1. The minimum Gasteiger partial charge on any atom is -0.494 e. The molecule has 146 valence electrons. The van der Waals surface area contributed by atoms with Gasteiger partial charge >= 0.3 is 0 Å². The van der Waals surface area contributed by atoms with Crippen LogP contribution in [-0.4, -0.2) is 33.0 Å². The summed E-state index contributed by atoms with van der Waals surface area (Å²) in [4.78, 5) is 0. The van der Waals surface area contributed by atoms with Crippen molar-refractivity contribution in [3.63, 3.8) is 0 Å². The normalized spacial score (nSPS) is 11.2. The fraction of sp³-hybridized carbons (Fsp3) is 0.182. The molecule has 1 heterocycles. The first kappa shape index (κ1) is 18.6. The van der Waals surface area contributed by atoms with Crippen LogP contribution in [0.5, 0.6) is 5.75 Å². The summed E-state index contributed by atoms with van der Waals surface area (Å²) in [7, 11) is 0. The van der Waals surface area contributed by atoms with E-state index in [-0.39, 0.29) is 0 Å². The first-order chi connectivity index (χ1) is 14.3. The van der Waals surface area contributed by atoms with E-state index in [4.69, 9.17) is 4.74 Å². The Hall–Kier alpha value is -3.74. The molecule has 0 aliphatic heterocycles. The molecule has 4 aromatic rings. The van der Waals surface area contributed by atoms with Gasteiger partial charge in [0.15, 0.2) is 0 Å². The van der Waals surface area contributed by atoms with Crippen LogP contribution in [0, 0.1) is 0 Å². The SMILES string of the molecule is CCCCOc1ccc(/C=N\Nc2nnnn2-c2cccc3ccccc23)cc1. The molecule has 0 saturated heterocycles. The van der Waals surface area contributed by atoms with Crippen molar-refractivity contribution in [2.24, 2.45) is 5.10 Å². The fourth-order valence-electron chi connectivity index (χ4n) is 2.96. The molecule has 7 heteroatoms. The molecule has 3 aromatic carbocycles. The second-order valence-corrected chi connectivity index (χ2v) is 6.55. The number of ether oxygens (including phenoxy) is 1. The predicted molar refractivity (Wildman–Crippen MR) is 115 cm³/mol. The van der Waals surface area contributed by atoms with E-state index in [9.17, 15) is 0 Å². The maximum Gasteiger partial charge on any atom is 0.268 e. The Morgan fingerprint density at radius 1 is 1.03 bits per heavy atom. The average molecular weight is 386 g/mol. The number of unbranched alkanes of at least 4 members (excludes halogenated alkanes) is 1. The van der Waals surface area contributed by atoms with E-state index in [0.717, 1.165) is 47.2 Å². The first-order valence-electron chi connectivity index (χ1n) is 9.63. The van der Waals surface area contributed by atoms with Gasteiger partial charge in [0.25, 0.3) is 5.95 Å². The van der Waals surface area contributed by atoms with Gasteiger partial charge in [-0.3, -0.25) is 0 Å². The lowest BCUT2D eigenvalue weighted by molar-refractivity contribution is 0.309. The maximum atomic E-state index is 5.67. The van der Waals surface area contributed by atoms with Gasteiger partial charge in [-0.1, -0.05) is 54.8 Å². The van der Waals surface area contributed by atoms with E-state index in [1.807, 2.05) is 54.6 Å². The zero-order valence-electron chi connectivity index (χ0n) is 16.2. The smallest absolute Gasteiger partial charge is 0.268 e. The van der Waals surface area contributed by atoms with Crippen LogP contribution < -0.4 is 10.2 Å². The summed E-state index contributed by atoms with van der Waals surface area (Å²) in [6, 6.07) is 21.9. The van der Waals surface area contributed by atoms with Crippen LogP contribution in [0.3, 0.4) is 0 Å². The molecule has 7 nitrogen and oxygen atoms in total. The third kappa shape index (κ3) is 4.40. The number of nitrogens with one attached hydrogen (secondary N) is 1. The highest BCUT2D eigenvalue weighted by Crippen LogP contribution is 2.23. The van der Waals surface area contributed by atoms with Crippen molar-refractivity contribution in [3.8, 4) is 11.4 Å². The Morgan fingerprint density at radius 2 is 1.86 bits per heavy atom. The van der Waals surface area contributed by atoms with Crippen LogP contribution in [0.1, 0.15) is 25.3 Å². The van der Waals surface area contributed by atoms with Crippen molar-refractivity contribution in [3.05, 3.63) is 72.3 Å². The summed E-state index contributed by atoms with van der Waals surface area (Å²) >= 11 is 0. The number of tetrazole rings is 1. The highest BCUT2D eigenvalue weighted by atomic mass is 16.5. The predicted octanol–water partition coefficient (Wildman–Crippen LogP) is 4.44. The van der Waals surface area contributed by atoms with Crippen molar-refractivity contribution >= 4 is 22.9 Å². The van der Waals surface area contributed by atoms with E-state index in [1.165, 1.54) is 0 Å². The van der Waals surface area contributed by atoms with Gasteiger partial charge in [-0.25, -0.2) is 5.43 Å². The molecular formula is C22H22N6O. The van der Waals surface area contributed by atoms with Gasteiger partial charge in [-0.15, -0.1) is 0 Å². The minimum atomic E-state index is 0.442. The number of benzene rings is 3. The van der Waals surface area contributed by atoms with Crippen LogP contribution in [-0.2, 0) is 0 Å². The van der Waals surface area contributed by atoms with Crippen molar-refractivity contribution in [2.45, 2.75) is 19.8 Å². The second kappa shape index (κ2) is 8.97. The molecule has 1 N–H and O–H groups in total. The molecule has 0 fully saturated rings. The molecule has 0 spiro atoms. The van der Waals surface area contributed by atoms with Crippen LogP contribution in [0.2, 0.25) is 0 Å². The van der Waals surface area contributed by atoms with E-state index >= 15 is 0 Å². The lowest BCUT2D eigenvalue weighted by Gasteiger charge is -2.07. The highest BCUT2D eigenvalue weighted by molar-refractivity contribution is 5.90. The first-order valence-corrected chi connectivity index (χ1v) is 9.63. The lowest BCUT2D eigenvalue weighted by Crippen LogP contribution is -2.04. The fourth-order valence-corrected chi connectivity index (χ4v) is 2.96. The Kier molecular flexibility index (Phi) is 5.76. The third-order valence-corrected chi connectivity index (χ3v) is 4.49. The van der Waals surface area contributed by atoms with Crippen LogP contribution in [0.4, 0.5) is 5.95 Å². The highest BCUT2D eigenvalue weighted by Gasteiger charge is 2.10. The van der Waals surface area contributed by atoms with E-state index in [2.05, 4.69) is 45.1 Å². The van der Waals surface area contributed by atoms with Crippen molar-refractivity contribution < 1.29 is 4.74 Å². The molecule has 0 aliphatic carbocycles. The van der Waals surface area contributed by atoms with Gasteiger partial charge < -0.3 is 4.74 Å². The summed E-state index contributed by atoms with van der Waals surface area (Å²) in [5, 5.41) is 18.4. The molecule has 0 unspecified atom stereocenters. The molecule has 4 rings (SSSR count). The lowest BCUT2D eigenvalue weighted by atomic mass is 10.1. The number of fused-ring (bicyclic) bond motifs is 1. The molecule has 1 aromatic heterocycles. The number of hydrogen-bond donors (Lipinski definition) is 1. The third-order valence-electron chi connectivity index (χ3n) is 4.49. The number of aromatic nitrogens is 4. The number of hydrogen-bond acceptors (Lipinski definition) is 6. The number of nitrogens with zero attached hydrogens (tertiary/aromatic N) is 5. The number of anilines is 1. The summed E-state index contributed by atoms with van der Waals surface area (Å²) in [6.07, 6.45) is 3.89. The Balaban J connectivity index is 1.47. The second-order valence-electron chi connectivity index (χ2n) is 6.55. The standard InChI is InChI=1S/C22H22N6O/c1-2-3-15-29-19-13-11-17(12-14-19)16-23-24-22-25-26-27-28(22)21-10-6-8-18-7-4-5-9-20(18)21/h4-14,16H,2-3,15H2,1H3,(H,24,25,27)/b23-16-. The molecule has 0 radical (unpaired) electrons. The summed E-state index contributed by atoms with van der Waals surface area (Å²) in [6.45, 7) is 2.88. The molecule has 0 aliphatic rings. The molecule has 0 saturated carbocycles. The van der Waals surface area contributed by atoms with Crippen LogP contribution in [0.15, 0.2) is 71.8 Å². The summed E-state index contributed by atoms with van der Waals surface area (Å²) < 4.78 is 7.32. The zero-order chi connectivity index (χ0) is 19.9. The van der Waals surface area contributed by atoms with Gasteiger partial charge in [0, 0.05) is 5.39 Å². The number of rotatable bonds is 8. The topological polar surface area (TPSA) is 77.2 Å². The maximum absolute atomic E-state index is 5.67. The molecule has 0 amide bonds. The van der Waals surface area contributed by atoms with E-state index in [1.54, 1.807) is 10.9 Å². The molecule has 29 heavy (non-hydrogen) atoms. The average Bonchev–Trinajstić information content (AvgIpc) is 3.23. The van der Waals surface area contributed by atoms with Gasteiger partial charge in [0.2, 0.25) is 0 Å².